The third kappa shape index (κ3) is 3.20. The lowest BCUT2D eigenvalue weighted by molar-refractivity contribution is 0.0790. The number of carbonyl (C=O) groups is 1. The van der Waals surface area contributed by atoms with Crippen molar-refractivity contribution in [2.75, 3.05) is 13.2 Å². The summed E-state index contributed by atoms with van der Waals surface area (Å²) in [6.07, 6.45) is -0.218. The molecular formula is C21H20N2O3. The summed E-state index contributed by atoms with van der Waals surface area (Å²) in [6.45, 7) is 4.69. The molecule has 1 aromatic heterocycles. The number of amides is 1. The van der Waals surface area contributed by atoms with Crippen LogP contribution in [-0.4, -0.2) is 30.1 Å². The molecule has 26 heavy (non-hydrogen) atoms. The second-order valence-electron chi connectivity index (χ2n) is 6.54. The summed E-state index contributed by atoms with van der Waals surface area (Å²) in [5, 5.41) is 3.83. The van der Waals surface area contributed by atoms with Gasteiger partial charge in [-0.3, -0.25) is 9.78 Å². The fraction of sp³-hybridized carbons (Fsp3) is 0.238. The van der Waals surface area contributed by atoms with E-state index in [-0.39, 0.29) is 12.0 Å². The van der Waals surface area contributed by atoms with E-state index in [4.69, 9.17) is 9.47 Å². The molecular weight excluding hydrogens is 328 g/mol. The Kier molecular flexibility index (Phi) is 4.21. The van der Waals surface area contributed by atoms with E-state index in [2.05, 4.69) is 10.3 Å². The number of fused-ring (bicyclic) bond motifs is 2. The summed E-state index contributed by atoms with van der Waals surface area (Å²) in [6, 6.07) is 15.3. The van der Waals surface area contributed by atoms with Crippen LogP contribution in [0.1, 0.15) is 21.6 Å². The number of nitrogens with zero attached hydrogens (tertiary/aromatic N) is 1. The van der Waals surface area contributed by atoms with Crippen molar-refractivity contribution in [3.63, 3.8) is 0 Å². The molecule has 5 nitrogen and oxygen atoms in total. The summed E-state index contributed by atoms with van der Waals surface area (Å²) in [5.41, 5.74) is 3.37. The van der Waals surface area contributed by atoms with Crippen molar-refractivity contribution in [1.29, 1.82) is 0 Å². The van der Waals surface area contributed by atoms with Crippen molar-refractivity contribution >= 4 is 16.8 Å². The number of benzene rings is 2. The zero-order valence-corrected chi connectivity index (χ0v) is 14.8. The number of rotatable bonds is 3. The van der Waals surface area contributed by atoms with Crippen molar-refractivity contribution in [3.8, 4) is 11.5 Å². The Labute approximate surface area is 152 Å². The Bertz CT molecular complexity index is 984. The average molecular weight is 348 g/mol. The lowest BCUT2D eigenvalue weighted by atomic mass is 10.0. The number of pyridine rings is 1. The standard InChI is InChI=1S/C21H20N2O3/c1-13-7-8-18-16(9-13)17(10-14(2)23-18)21(24)22-11-15-12-25-19-5-3-4-6-20(19)26-15/h3-10,15H,11-12H2,1-2H3,(H,22,24)/t15-/m1/s1. The predicted octanol–water partition coefficient (Wildman–Crippen LogP) is 3.42. The van der Waals surface area contributed by atoms with E-state index in [0.29, 0.717) is 24.5 Å². The van der Waals surface area contributed by atoms with Crippen molar-refractivity contribution < 1.29 is 14.3 Å². The number of hydrogen-bond donors (Lipinski definition) is 1. The maximum atomic E-state index is 12.8. The topological polar surface area (TPSA) is 60.5 Å². The molecule has 0 radical (unpaired) electrons. The number of hydrogen-bond acceptors (Lipinski definition) is 4. The highest BCUT2D eigenvalue weighted by molar-refractivity contribution is 6.06. The van der Waals surface area contributed by atoms with Crippen LogP contribution in [-0.2, 0) is 0 Å². The van der Waals surface area contributed by atoms with Gasteiger partial charge in [-0.2, -0.15) is 0 Å². The van der Waals surface area contributed by atoms with Crippen molar-refractivity contribution in [2.24, 2.45) is 0 Å². The van der Waals surface area contributed by atoms with Crippen LogP contribution in [0.25, 0.3) is 10.9 Å². The number of aromatic nitrogens is 1. The maximum absolute atomic E-state index is 12.8. The van der Waals surface area contributed by atoms with Gasteiger partial charge in [0, 0.05) is 11.1 Å². The van der Waals surface area contributed by atoms with Gasteiger partial charge in [0.05, 0.1) is 17.6 Å². The third-order valence-electron chi connectivity index (χ3n) is 4.39. The van der Waals surface area contributed by atoms with E-state index in [1.165, 1.54) is 0 Å². The van der Waals surface area contributed by atoms with Crippen molar-refractivity contribution in [1.82, 2.24) is 10.3 Å². The molecule has 0 saturated carbocycles. The van der Waals surface area contributed by atoms with Crippen LogP contribution in [0, 0.1) is 13.8 Å². The Hall–Kier alpha value is -3.08. The highest BCUT2D eigenvalue weighted by Crippen LogP contribution is 2.30. The number of nitrogens with one attached hydrogen (secondary N) is 1. The fourth-order valence-corrected chi connectivity index (χ4v) is 3.13. The van der Waals surface area contributed by atoms with Gasteiger partial charge in [-0.05, 0) is 44.2 Å². The first-order valence-electron chi connectivity index (χ1n) is 8.65. The summed E-state index contributed by atoms with van der Waals surface area (Å²) >= 11 is 0. The predicted molar refractivity (Wildman–Crippen MR) is 99.9 cm³/mol. The molecule has 1 N–H and O–H groups in total. The minimum atomic E-state index is -0.218. The normalized spacial score (nSPS) is 15.7. The molecule has 0 aliphatic carbocycles. The van der Waals surface area contributed by atoms with Crippen LogP contribution in [0.15, 0.2) is 48.5 Å². The van der Waals surface area contributed by atoms with Gasteiger partial charge in [-0.25, -0.2) is 0 Å². The molecule has 4 rings (SSSR count). The van der Waals surface area contributed by atoms with Crippen LogP contribution in [0.4, 0.5) is 0 Å². The Balaban J connectivity index is 1.51. The minimum Gasteiger partial charge on any atom is -0.486 e. The molecule has 0 fully saturated rings. The van der Waals surface area contributed by atoms with Crippen LogP contribution in [0.3, 0.4) is 0 Å². The van der Waals surface area contributed by atoms with Gasteiger partial charge in [0.2, 0.25) is 0 Å². The first-order chi connectivity index (χ1) is 12.6. The van der Waals surface area contributed by atoms with Crippen LogP contribution in [0.2, 0.25) is 0 Å². The van der Waals surface area contributed by atoms with Crippen molar-refractivity contribution in [3.05, 3.63) is 65.4 Å². The Morgan fingerprint density at radius 1 is 1.15 bits per heavy atom. The first kappa shape index (κ1) is 16.4. The van der Waals surface area contributed by atoms with E-state index in [9.17, 15) is 4.79 Å². The maximum Gasteiger partial charge on any atom is 0.252 e. The molecule has 1 atom stereocenters. The highest BCUT2D eigenvalue weighted by atomic mass is 16.6. The van der Waals surface area contributed by atoms with Gasteiger partial charge < -0.3 is 14.8 Å². The number of para-hydroxylation sites is 2. The first-order valence-corrected chi connectivity index (χ1v) is 8.65. The monoisotopic (exact) mass is 348 g/mol. The van der Waals surface area contributed by atoms with Gasteiger partial charge in [0.25, 0.3) is 5.91 Å². The van der Waals surface area contributed by atoms with Gasteiger partial charge in [0.1, 0.15) is 12.7 Å². The molecule has 2 aromatic carbocycles. The highest BCUT2D eigenvalue weighted by Gasteiger charge is 2.22. The molecule has 1 aliphatic heterocycles. The van der Waals surface area contributed by atoms with E-state index in [0.717, 1.165) is 27.9 Å². The summed E-state index contributed by atoms with van der Waals surface area (Å²) in [4.78, 5) is 17.3. The molecule has 1 aliphatic rings. The van der Waals surface area contributed by atoms with E-state index < -0.39 is 0 Å². The molecule has 0 spiro atoms. The van der Waals surface area contributed by atoms with Gasteiger partial charge in [0.15, 0.2) is 11.5 Å². The van der Waals surface area contributed by atoms with E-state index in [1.54, 1.807) is 0 Å². The number of aryl methyl sites for hydroxylation is 2. The summed E-state index contributed by atoms with van der Waals surface area (Å²) < 4.78 is 11.6. The van der Waals surface area contributed by atoms with Gasteiger partial charge >= 0.3 is 0 Å². The van der Waals surface area contributed by atoms with Crippen LogP contribution in [0.5, 0.6) is 11.5 Å². The van der Waals surface area contributed by atoms with Crippen molar-refractivity contribution in [2.45, 2.75) is 20.0 Å². The number of carbonyl (C=O) groups excluding carboxylic acids is 1. The lowest BCUT2D eigenvalue weighted by Gasteiger charge is -2.26. The van der Waals surface area contributed by atoms with E-state index in [1.807, 2.05) is 62.4 Å². The second-order valence-corrected chi connectivity index (χ2v) is 6.54. The zero-order chi connectivity index (χ0) is 18.1. The Morgan fingerprint density at radius 2 is 1.96 bits per heavy atom. The number of ether oxygens (including phenoxy) is 2. The summed E-state index contributed by atoms with van der Waals surface area (Å²) in [7, 11) is 0. The second kappa shape index (κ2) is 6.67. The van der Waals surface area contributed by atoms with Crippen LogP contribution < -0.4 is 14.8 Å². The van der Waals surface area contributed by atoms with Gasteiger partial charge in [-0.1, -0.05) is 23.8 Å². The SMILES string of the molecule is Cc1ccc2nc(C)cc(C(=O)NC[C@@H]3COc4ccccc4O3)c2c1. The molecule has 1 amide bonds. The molecule has 3 aromatic rings. The molecule has 0 bridgehead atoms. The summed E-state index contributed by atoms with van der Waals surface area (Å²) in [5.74, 6) is 1.31. The average Bonchev–Trinajstić information content (AvgIpc) is 2.65. The third-order valence-corrected chi connectivity index (χ3v) is 4.39. The molecule has 0 saturated heterocycles. The van der Waals surface area contributed by atoms with E-state index >= 15 is 0 Å². The van der Waals surface area contributed by atoms with Gasteiger partial charge in [-0.15, -0.1) is 0 Å². The molecule has 132 valence electrons. The molecule has 0 unspecified atom stereocenters. The quantitative estimate of drug-likeness (QED) is 0.788. The molecule has 2 heterocycles. The largest absolute Gasteiger partial charge is 0.486 e. The Morgan fingerprint density at radius 3 is 2.81 bits per heavy atom. The smallest absolute Gasteiger partial charge is 0.252 e. The minimum absolute atomic E-state index is 0.131. The lowest BCUT2D eigenvalue weighted by Crippen LogP contribution is -2.40. The zero-order valence-electron chi connectivity index (χ0n) is 14.8. The van der Waals surface area contributed by atoms with Crippen LogP contribution >= 0.6 is 0 Å². The molecule has 5 heteroatoms. The fourth-order valence-electron chi connectivity index (χ4n) is 3.13.